The first-order valence-electron chi connectivity index (χ1n) is 5.46. The van der Waals surface area contributed by atoms with E-state index in [0.717, 1.165) is 12.1 Å². The summed E-state index contributed by atoms with van der Waals surface area (Å²) in [5.74, 6) is -1.33. The zero-order valence-electron chi connectivity index (χ0n) is 10.3. The van der Waals surface area contributed by atoms with E-state index in [4.69, 9.17) is 0 Å². The maximum atomic E-state index is 11.2. The molecular formula is C12H14N2O5. The van der Waals surface area contributed by atoms with Crippen LogP contribution in [0.3, 0.4) is 0 Å². The van der Waals surface area contributed by atoms with Crippen molar-refractivity contribution in [2.45, 2.75) is 13.3 Å². The maximum Gasteiger partial charge on any atom is 0.276 e. The molecule has 19 heavy (non-hydrogen) atoms. The summed E-state index contributed by atoms with van der Waals surface area (Å²) in [7, 11) is 0. The molecule has 0 unspecified atom stereocenters. The number of carbonyl (C=O) groups is 1. The Labute approximate surface area is 109 Å². The molecular weight excluding hydrogens is 252 g/mol. The van der Waals surface area contributed by atoms with Crippen LogP contribution in [-0.2, 0) is 11.2 Å². The fourth-order valence-electron chi connectivity index (χ4n) is 1.44. The standard InChI is InChI=1S/C12H14N2O5/c1-7(2)12(17)13-4-3-8-5-10(15)11(16)6-9(8)14(18)19/h5-6,15-16H,1,3-4H2,2H3,(H,13,17). The van der Waals surface area contributed by atoms with Crippen LogP contribution in [0.1, 0.15) is 12.5 Å². The molecule has 0 saturated heterocycles. The molecule has 0 aliphatic rings. The van der Waals surface area contributed by atoms with Gasteiger partial charge in [-0.2, -0.15) is 0 Å². The van der Waals surface area contributed by atoms with Gasteiger partial charge in [0.25, 0.3) is 5.69 Å². The topological polar surface area (TPSA) is 113 Å². The minimum atomic E-state index is -0.658. The van der Waals surface area contributed by atoms with Crippen molar-refractivity contribution >= 4 is 11.6 Å². The average molecular weight is 266 g/mol. The molecule has 1 aromatic rings. The molecule has 0 bridgehead atoms. The highest BCUT2D eigenvalue weighted by Crippen LogP contribution is 2.32. The number of amides is 1. The summed E-state index contributed by atoms with van der Waals surface area (Å²) in [6.07, 6.45) is 0.156. The van der Waals surface area contributed by atoms with Crippen LogP contribution in [0, 0.1) is 10.1 Å². The Morgan fingerprint density at radius 3 is 2.53 bits per heavy atom. The zero-order valence-corrected chi connectivity index (χ0v) is 10.3. The molecule has 0 radical (unpaired) electrons. The van der Waals surface area contributed by atoms with E-state index in [0.29, 0.717) is 5.57 Å². The predicted octanol–water partition coefficient (Wildman–Crippen LogP) is 1.24. The monoisotopic (exact) mass is 266 g/mol. The van der Waals surface area contributed by atoms with Crippen LogP contribution < -0.4 is 5.32 Å². The number of nitro groups is 1. The van der Waals surface area contributed by atoms with E-state index < -0.39 is 16.4 Å². The van der Waals surface area contributed by atoms with E-state index in [-0.39, 0.29) is 30.1 Å². The number of phenolic OH excluding ortho intramolecular Hbond substituents is 2. The summed E-state index contributed by atoms with van der Waals surface area (Å²) in [6.45, 7) is 5.17. The van der Waals surface area contributed by atoms with Gasteiger partial charge >= 0.3 is 0 Å². The van der Waals surface area contributed by atoms with Crippen molar-refractivity contribution in [3.63, 3.8) is 0 Å². The first kappa shape index (κ1) is 14.5. The van der Waals surface area contributed by atoms with Crippen LogP contribution in [0.25, 0.3) is 0 Å². The minimum Gasteiger partial charge on any atom is -0.504 e. The van der Waals surface area contributed by atoms with Gasteiger partial charge in [-0.25, -0.2) is 0 Å². The third kappa shape index (κ3) is 3.70. The lowest BCUT2D eigenvalue weighted by molar-refractivity contribution is -0.385. The van der Waals surface area contributed by atoms with Gasteiger partial charge in [0.1, 0.15) is 0 Å². The van der Waals surface area contributed by atoms with Gasteiger partial charge in [0, 0.05) is 17.7 Å². The molecule has 7 heteroatoms. The lowest BCUT2D eigenvalue weighted by Crippen LogP contribution is -2.26. The van der Waals surface area contributed by atoms with Gasteiger partial charge in [-0.1, -0.05) is 6.58 Å². The lowest BCUT2D eigenvalue weighted by Gasteiger charge is -2.07. The van der Waals surface area contributed by atoms with Gasteiger partial charge in [-0.15, -0.1) is 0 Å². The quantitative estimate of drug-likeness (QED) is 0.321. The molecule has 0 atom stereocenters. The molecule has 0 fully saturated rings. The van der Waals surface area contributed by atoms with Gasteiger partial charge in [0.15, 0.2) is 11.5 Å². The lowest BCUT2D eigenvalue weighted by atomic mass is 10.1. The fourth-order valence-corrected chi connectivity index (χ4v) is 1.44. The van der Waals surface area contributed by atoms with Crippen molar-refractivity contribution in [1.29, 1.82) is 0 Å². The van der Waals surface area contributed by atoms with E-state index in [1.807, 2.05) is 0 Å². The second kappa shape index (κ2) is 5.85. The number of carbonyl (C=O) groups excluding carboxylic acids is 1. The molecule has 1 aromatic carbocycles. The van der Waals surface area contributed by atoms with Gasteiger partial charge in [-0.05, 0) is 19.4 Å². The Balaban J connectivity index is 2.83. The Morgan fingerprint density at radius 1 is 1.42 bits per heavy atom. The van der Waals surface area contributed by atoms with E-state index in [2.05, 4.69) is 11.9 Å². The third-order valence-corrected chi connectivity index (χ3v) is 2.44. The van der Waals surface area contributed by atoms with E-state index >= 15 is 0 Å². The third-order valence-electron chi connectivity index (χ3n) is 2.44. The van der Waals surface area contributed by atoms with Gasteiger partial charge in [0.05, 0.1) is 11.0 Å². The van der Waals surface area contributed by atoms with Gasteiger partial charge in [-0.3, -0.25) is 14.9 Å². The fraction of sp³-hybridized carbons (Fsp3) is 0.250. The summed E-state index contributed by atoms with van der Waals surface area (Å²) in [5.41, 5.74) is 0.255. The summed E-state index contributed by atoms with van der Waals surface area (Å²) in [6, 6.07) is 1.99. The molecule has 0 aliphatic carbocycles. The first-order chi connectivity index (χ1) is 8.82. The summed E-state index contributed by atoms with van der Waals surface area (Å²) < 4.78 is 0. The molecule has 0 heterocycles. The van der Waals surface area contributed by atoms with Crippen molar-refractivity contribution in [1.82, 2.24) is 5.32 Å². The number of phenols is 2. The largest absolute Gasteiger partial charge is 0.504 e. The van der Waals surface area contributed by atoms with Crippen molar-refractivity contribution in [3.05, 3.63) is 40.0 Å². The number of benzene rings is 1. The van der Waals surface area contributed by atoms with Crippen LogP contribution in [-0.4, -0.2) is 27.6 Å². The SMILES string of the molecule is C=C(C)C(=O)NCCc1cc(O)c(O)cc1[N+](=O)[O-]. The molecule has 0 aromatic heterocycles. The first-order valence-corrected chi connectivity index (χ1v) is 5.46. The number of aromatic hydroxyl groups is 2. The molecule has 7 nitrogen and oxygen atoms in total. The molecule has 1 amide bonds. The highest BCUT2D eigenvalue weighted by molar-refractivity contribution is 5.92. The van der Waals surface area contributed by atoms with E-state index in [9.17, 15) is 25.1 Å². The highest BCUT2D eigenvalue weighted by atomic mass is 16.6. The van der Waals surface area contributed by atoms with Crippen LogP contribution in [0.5, 0.6) is 11.5 Å². The Bertz CT molecular complexity index is 539. The van der Waals surface area contributed by atoms with Crippen LogP contribution in [0.4, 0.5) is 5.69 Å². The van der Waals surface area contributed by atoms with E-state index in [1.165, 1.54) is 0 Å². The predicted molar refractivity (Wildman–Crippen MR) is 68.0 cm³/mol. The Kier molecular flexibility index (Phi) is 4.46. The Hall–Kier alpha value is -2.57. The van der Waals surface area contributed by atoms with Crippen LogP contribution in [0.2, 0.25) is 0 Å². The average Bonchev–Trinajstić information content (AvgIpc) is 2.32. The van der Waals surface area contributed by atoms with Crippen molar-refractivity contribution in [3.8, 4) is 11.5 Å². The maximum absolute atomic E-state index is 11.2. The molecule has 0 saturated carbocycles. The summed E-state index contributed by atoms with van der Waals surface area (Å²) >= 11 is 0. The van der Waals surface area contributed by atoms with Crippen molar-refractivity contribution in [2.75, 3.05) is 6.54 Å². The smallest absolute Gasteiger partial charge is 0.276 e. The normalized spacial score (nSPS) is 9.95. The molecule has 3 N–H and O–H groups in total. The number of hydrogen-bond acceptors (Lipinski definition) is 5. The Morgan fingerprint density at radius 2 is 2.00 bits per heavy atom. The number of nitrogens with zero attached hydrogens (tertiary/aromatic N) is 1. The molecule has 0 spiro atoms. The molecule has 0 aliphatic heterocycles. The number of rotatable bonds is 5. The van der Waals surface area contributed by atoms with Gasteiger partial charge < -0.3 is 15.5 Å². The molecule has 1 rings (SSSR count). The van der Waals surface area contributed by atoms with Gasteiger partial charge in [0.2, 0.25) is 5.91 Å². The van der Waals surface area contributed by atoms with Crippen LogP contribution in [0.15, 0.2) is 24.3 Å². The molecule has 102 valence electrons. The van der Waals surface area contributed by atoms with Crippen molar-refractivity contribution < 1.29 is 19.9 Å². The second-order valence-corrected chi connectivity index (χ2v) is 4.01. The summed E-state index contributed by atoms with van der Waals surface area (Å²) in [4.78, 5) is 21.4. The van der Waals surface area contributed by atoms with E-state index in [1.54, 1.807) is 6.92 Å². The van der Waals surface area contributed by atoms with Crippen LogP contribution >= 0.6 is 0 Å². The summed E-state index contributed by atoms with van der Waals surface area (Å²) in [5, 5.41) is 31.9. The number of nitro benzene ring substituents is 1. The second-order valence-electron chi connectivity index (χ2n) is 4.01. The highest BCUT2D eigenvalue weighted by Gasteiger charge is 2.17. The minimum absolute atomic E-state index is 0.156. The zero-order chi connectivity index (χ0) is 14.6. The van der Waals surface area contributed by atoms with Crippen molar-refractivity contribution in [2.24, 2.45) is 0 Å². The number of nitrogens with one attached hydrogen (secondary N) is 1. The number of hydrogen-bond donors (Lipinski definition) is 3.